The SMILES string of the molecule is CC=[N-].CC=[N-].CN1C=CN(c2cc(N(C)C)cc(N3C=CN(C)[CH-]3)n2)[CH-]1.[Cl][Ru]. The van der Waals surface area contributed by atoms with Gasteiger partial charge in [-0.3, -0.25) is 0 Å². The molecule has 163 valence electrons. The van der Waals surface area contributed by atoms with Crippen molar-refractivity contribution in [2.45, 2.75) is 13.8 Å². The molecule has 0 atom stereocenters. The predicted octanol–water partition coefficient (Wildman–Crippen LogP) is 3.81. The molecule has 0 amide bonds. The molecule has 0 radical (unpaired) electrons. The molecule has 0 bridgehead atoms. The van der Waals surface area contributed by atoms with Gasteiger partial charge in [0.1, 0.15) is 11.6 Å². The molecule has 0 N–H and O–H groups in total. The average molecular weight is 505 g/mol. The summed E-state index contributed by atoms with van der Waals surface area (Å²) in [7, 11) is 12.6. The monoisotopic (exact) mass is 505 g/mol. The van der Waals surface area contributed by atoms with E-state index in [0.29, 0.717) is 0 Å². The summed E-state index contributed by atoms with van der Waals surface area (Å²) >= 11 is 1.82. The van der Waals surface area contributed by atoms with Gasteiger partial charge in [0.05, 0.1) is 0 Å². The van der Waals surface area contributed by atoms with Crippen LogP contribution in [0.3, 0.4) is 0 Å². The summed E-state index contributed by atoms with van der Waals surface area (Å²) in [6.07, 6.45) is 10.0. The Balaban J connectivity index is 0.000000858. The second-order valence-electron chi connectivity index (χ2n) is 5.93. The van der Waals surface area contributed by atoms with E-state index >= 15 is 0 Å². The minimum absolute atomic E-state index is 0.896. The number of hydrogen-bond acceptors (Lipinski definition) is 6. The van der Waals surface area contributed by atoms with Crippen LogP contribution in [0.1, 0.15) is 13.8 Å². The third-order valence-electron chi connectivity index (χ3n) is 3.37. The predicted molar refractivity (Wildman–Crippen MR) is 122 cm³/mol. The van der Waals surface area contributed by atoms with E-state index in [1.165, 1.54) is 0 Å². The standard InChI is InChI=1S/C15H20N6.2C2H4N.ClH.Ru/c1-17(2)13-9-14(20-7-5-18(3)11-20)16-15(10-13)21-8-6-19(4)12-21;2*1-2-3;;/h5-12H,1-4H3;2*2H,1H3;1H;/q-2;2*-1;;+1/p-1. The molecule has 8 nitrogen and oxygen atoms in total. The molecule has 0 fully saturated rings. The minimum atomic E-state index is 0.896. The van der Waals surface area contributed by atoms with E-state index in [1.54, 1.807) is 13.8 Å². The van der Waals surface area contributed by atoms with Gasteiger partial charge in [-0.25, -0.2) is 17.4 Å². The quantitative estimate of drug-likeness (QED) is 0.354. The Morgan fingerprint density at radius 3 is 1.48 bits per heavy atom. The van der Waals surface area contributed by atoms with Gasteiger partial charge in [-0.2, -0.15) is 0 Å². The average Bonchev–Trinajstić information content (AvgIpc) is 3.33. The van der Waals surface area contributed by atoms with Crippen molar-refractivity contribution in [3.05, 3.63) is 61.1 Å². The van der Waals surface area contributed by atoms with Crippen LogP contribution in [0.2, 0.25) is 0 Å². The van der Waals surface area contributed by atoms with Crippen molar-refractivity contribution in [3.63, 3.8) is 0 Å². The maximum absolute atomic E-state index is 7.44. The van der Waals surface area contributed by atoms with E-state index in [9.17, 15) is 0 Å². The van der Waals surface area contributed by atoms with Crippen molar-refractivity contribution in [1.29, 1.82) is 0 Å². The van der Waals surface area contributed by atoms with Gasteiger partial charge in [0.15, 0.2) is 0 Å². The van der Waals surface area contributed by atoms with Crippen LogP contribution in [0.15, 0.2) is 36.9 Å². The van der Waals surface area contributed by atoms with Gasteiger partial charge in [0, 0.05) is 31.9 Å². The Hall–Kier alpha value is -2.12. The molecule has 1 aromatic heterocycles. The zero-order valence-corrected chi connectivity index (χ0v) is 20.1. The van der Waals surface area contributed by atoms with E-state index in [0.717, 1.165) is 29.8 Å². The van der Waals surface area contributed by atoms with Gasteiger partial charge in [-0.05, 0) is 38.9 Å². The van der Waals surface area contributed by atoms with Crippen LogP contribution in [0, 0.1) is 13.3 Å². The summed E-state index contributed by atoms with van der Waals surface area (Å²) in [6, 6.07) is 4.15. The Bertz CT molecular complexity index is 630. The number of hydrogen-bond donors (Lipinski definition) is 0. The summed E-state index contributed by atoms with van der Waals surface area (Å²) in [5.41, 5.74) is 1.11. The first-order valence-electron chi connectivity index (χ1n) is 8.60. The number of pyridine rings is 1. The van der Waals surface area contributed by atoms with Gasteiger partial charge >= 0.3 is 27.0 Å². The van der Waals surface area contributed by atoms with Gasteiger partial charge in [0.2, 0.25) is 0 Å². The van der Waals surface area contributed by atoms with Gasteiger partial charge < -0.3 is 35.3 Å². The Morgan fingerprint density at radius 1 is 0.897 bits per heavy atom. The molecule has 0 aromatic carbocycles. The zero-order valence-electron chi connectivity index (χ0n) is 17.6. The number of nitrogens with zero attached hydrogens (tertiary/aromatic N) is 8. The third-order valence-corrected chi connectivity index (χ3v) is 3.37. The van der Waals surface area contributed by atoms with E-state index in [-0.39, 0.29) is 0 Å². The van der Waals surface area contributed by atoms with Crippen LogP contribution in [0.5, 0.6) is 0 Å². The fourth-order valence-electron chi connectivity index (χ4n) is 2.18. The van der Waals surface area contributed by atoms with Gasteiger partial charge in [-0.15, -0.1) is 13.3 Å². The van der Waals surface area contributed by atoms with E-state index < -0.39 is 0 Å². The summed E-state index contributed by atoms with van der Waals surface area (Å²) in [5, 5.41) is 14.9. The zero-order chi connectivity index (χ0) is 22.4. The molecule has 29 heavy (non-hydrogen) atoms. The molecule has 3 rings (SSSR count). The van der Waals surface area contributed by atoms with Crippen LogP contribution in [-0.2, 0) is 17.3 Å². The second-order valence-corrected chi connectivity index (χ2v) is 5.93. The topological polar surface area (TPSA) is 73.7 Å². The molecule has 0 unspecified atom stereocenters. The number of anilines is 3. The van der Waals surface area contributed by atoms with Crippen LogP contribution in [0.25, 0.3) is 10.8 Å². The number of aromatic nitrogens is 1. The fraction of sp³-hybridized carbons (Fsp3) is 0.316. The van der Waals surface area contributed by atoms with Crippen LogP contribution in [0.4, 0.5) is 17.3 Å². The Kier molecular flexibility index (Phi) is 13.7. The van der Waals surface area contributed by atoms with Crippen molar-refractivity contribution in [1.82, 2.24) is 14.8 Å². The van der Waals surface area contributed by atoms with Crippen molar-refractivity contribution in [2.24, 2.45) is 0 Å². The number of halogens is 1. The van der Waals surface area contributed by atoms with Crippen LogP contribution >= 0.6 is 9.69 Å². The molecular formula is C19H28ClN8Ru-4. The first kappa shape index (κ1) is 26.9. The molecule has 0 spiro atoms. The molecule has 3 heterocycles. The van der Waals surface area contributed by atoms with Crippen molar-refractivity contribution in [2.75, 3.05) is 42.9 Å². The first-order valence-corrected chi connectivity index (χ1v) is 10.8. The van der Waals surface area contributed by atoms with Gasteiger partial charge in [0.25, 0.3) is 0 Å². The van der Waals surface area contributed by atoms with E-state index in [4.69, 9.17) is 15.8 Å². The van der Waals surface area contributed by atoms with E-state index in [1.807, 2.05) is 103 Å². The third kappa shape index (κ3) is 9.28. The molecular weight excluding hydrogens is 477 g/mol. The fourth-order valence-corrected chi connectivity index (χ4v) is 2.18. The molecule has 0 saturated carbocycles. The maximum atomic E-state index is 7.44. The molecule has 2 aliphatic rings. The Morgan fingerprint density at radius 2 is 1.24 bits per heavy atom. The van der Waals surface area contributed by atoms with E-state index in [2.05, 4.69) is 26.7 Å². The van der Waals surface area contributed by atoms with Crippen molar-refractivity contribution < 1.29 is 17.3 Å². The summed E-state index contributed by atoms with van der Waals surface area (Å²) in [4.78, 5) is 14.9. The Labute approximate surface area is 189 Å². The van der Waals surface area contributed by atoms with Crippen LogP contribution < -0.4 is 14.7 Å². The molecule has 1 aromatic rings. The van der Waals surface area contributed by atoms with Gasteiger partial charge in [-0.1, -0.05) is 13.8 Å². The molecule has 0 saturated heterocycles. The summed E-state index contributed by atoms with van der Waals surface area (Å²) in [5.74, 6) is 1.79. The normalized spacial score (nSPS) is 13.7. The summed E-state index contributed by atoms with van der Waals surface area (Å²) in [6.45, 7) is 7.11. The first-order chi connectivity index (χ1) is 13.9. The number of rotatable bonds is 3. The van der Waals surface area contributed by atoms with Crippen molar-refractivity contribution >= 4 is 39.4 Å². The summed E-state index contributed by atoms with van der Waals surface area (Å²) < 4.78 is 0. The molecule has 10 heteroatoms. The van der Waals surface area contributed by atoms with Crippen LogP contribution in [-0.4, -0.2) is 55.4 Å². The second kappa shape index (κ2) is 14.8. The molecule has 0 aliphatic carbocycles. The molecule has 2 aliphatic heterocycles. The van der Waals surface area contributed by atoms with Crippen molar-refractivity contribution in [3.8, 4) is 0 Å².